The smallest absolute Gasteiger partial charge is 0.792 e. The summed E-state index contributed by atoms with van der Waals surface area (Å²) in [4.78, 5) is 0. The quantitative estimate of drug-likeness (QED) is 0.593. The number of aryl methyl sites for hydroxylation is 1. The van der Waals surface area contributed by atoms with Crippen LogP contribution in [0.4, 0.5) is 0 Å². The summed E-state index contributed by atoms with van der Waals surface area (Å²) < 4.78 is 5.51. The third-order valence-corrected chi connectivity index (χ3v) is 1.93. The van der Waals surface area contributed by atoms with Gasteiger partial charge in [0, 0.05) is 0 Å². The first-order chi connectivity index (χ1) is 5.84. The van der Waals surface area contributed by atoms with Gasteiger partial charge in [0.1, 0.15) is 5.75 Å². The number of rotatable bonds is 4. The van der Waals surface area contributed by atoms with Gasteiger partial charge in [-0.2, -0.15) is 5.75 Å². The van der Waals surface area contributed by atoms with E-state index in [1.54, 1.807) is 0 Å². The van der Waals surface area contributed by atoms with Gasteiger partial charge < -0.3 is 17.4 Å². The van der Waals surface area contributed by atoms with Crippen LogP contribution in [0.15, 0.2) is 24.3 Å². The third-order valence-electron chi connectivity index (χ3n) is 1.64. The Kier molecular flexibility index (Phi) is 7.42. The largest absolute Gasteiger partial charge is 1.00 e. The van der Waals surface area contributed by atoms with Crippen LogP contribution in [0.5, 0.6) is 5.75 Å². The summed E-state index contributed by atoms with van der Waals surface area (Å²) in [5.41, 5.74) is 1.18. The van der Waals surface area contributed by atoms with E-state index in [0.29, 0.717) is 0 Å². The minimum absolute atomic E-state index is 0. The predicted octanol–water partition coefficient (Wildman–Crippen LogP) is 2.31. The van der Waals surface area contributed by atoms with Gasteiger partial charge in [-0.25, -0.2) is 0 Å². The zero-order valence-corrected chi connectivity index (χ0v) is 11.0. The molecule has 0 heterocycles. The molecule has 1 radical (unpaired) electrons. The van der Waals surface area contributed by atoms with Crippen molar-refractivity contribution in [2.24, 2.45) is 0 Å². The summed E-state index contributed by atoms with van der Waals surface area (Å²) in [6.45, 7) is 2.78. The molecule has 0 unspecified atom stereocenters. The Bertz CT molecular complexity index is 240. The molecule has 0 bridgehead atoms. The first-order valence-electron chi connectivity index (χ1n) is 4.11. The van der Waals surface area contributed by atoms with E-state index < -0.39 is 0 Å². The Morgan fingerprint density at radius 1 is 1.31 bits per heavy atom. The van der Waals surface area contributed by atoms with Crippen molar-refractivity contribution in [2.45, 2.75) is 13.3 Å². The molecule has 1 aromatic carbocycles. The SMILES string of the molecule is Cc1ccccc1OCCC[S-].[Os+]. The molecule has 1 nitrogen and oxygen atoms in total. The molecule has 0 amide bonds. The number of benzene rings is 1. The fraction of sp³-hybridized carbons (Fsp3) is 0.400. The molecule has 0 aromatic heterocycles. The zero-order valence-electron chi connectivity index (χ0n) is 7.60. The van der Waals surface area contributed by atoms with Gasteiger partial charge in [-0.1, -0.05) is 18.2 Å². The Morgan fingerprint density at radius 2 is 2.00 bits per heavy atom. The second-order valence-corrected chi connectivity index (χ2v) is 3.08. The minimum Gasteiger partial charge on any atom is -0.792 e. The summed E-state index contributed by atoms with van der Waals surface area (Å²) in [6, 6.07) is 8.02. The van der Waals surface area contributed by atoms with E-state index >= 15 is 0 Å². The van der Waals surface area contributed by atoms with E-state index in [-0.39, 0.29) is 19.8 Å². The van der Waals surface area contributed by atoms with Crippen molar-refractivity contribution in [1.82, 2.24) is 0 Å². The van der Waals surface area contributed by atoms with E-state index in [0.717, 1.165) is 24.5 Å². The number of hydrogen-bond acceptors (Lipinski definition) is 2. The van der Waals surface area contributed by atoms with Gasteiger partial charge >= 0.3 is 19.8 Å². The normalized spacial score (nSPS) is 9.08. The second-order valence-electron chi connectivity index (χ2n) is 2.67. The molecule has 0 atom stereocenters. The molecule has 0 saturated heterocycles. The molecule has 0 saturated carbocycles. The van der Waals surface area contributed by atoms with Crippen LogP contribution in [0.3, 0.4) is 0 Å². The van der Waals surface area contributed by atoms with Gasteiger partial charge in [-0.05, 0) is 25.0 Å². The topological polar surface area (TPSA) is 9.23 Å². The molecular weight excluding hydrogens is 358 g/mol. The van der Waals surface area contributed by atoms with Gasteiger partial charge in [0.25, 0.3) is 0 Å². The molecular formula is C10H13OOsS. The van der Waals surface area contributed by atoms with Crippen molar-refractivity contribution in [2.75, 3.05) is 12.4 Å². The third kappa shape index (κ3) is 4.69. The van der Waals surface area contributed by atoms with Gasteiger partial charge in [0.2, 0.25) is 0 Å². The summed E-state index contributed by atoms with van der Waals surface area (Å²) in [5, 5.41) is 0. The Morgan fingerprint density at radius 3 is 2.62 bits per heavy atom. The maximum absolute atomic E-state index is 5.51. The van der Waals surface area contributed by atoms with E-state index in [1.165, 1.54) is 5.56 Å². The molecule has 13 heavy (non-hydrogen) atoms. The van der Waals surface area contributed by atoms with Gasteiger partial charge in [-0.15, -0.1) is 0 Å². The maximum atomic E-state index is 5.51. The van der Waals surface area contributed by atoms with Crippen molar-refractivity contribution >= 4 is 12.6 Å². The van der Waals surface area contributed by atoms with Crippen molar-refractivity contribution in [1.29, 1.82) is 0 Å². The monoisotopic (exact) mass is 373 g/mol. The van der Waals surface area contributed by atoms with Crippen LogP contribution in [-0.4, -0.2) is 12.4 Å². The van der Waals surface area contributed by atoms with Gasteiger partial charge in [0.15, 0.2) is 0 Å². The fourth-order valence-electron chi connectivity index (χ4n) is 0.959. The van der Waals surface area contributed by atoms with Crippen molar-refractivity contribution in [3.8, 4) is 5.75 Å². The van der Waals surface area contributed by atoms with Crippen molar-refractivity contribution in [3.05, 3.63) is 29.8 Å². The molecule has 1 aromatic rings. The molecule has 0 spiro atoms. The Hall–Kier alpha value is 0.00636. The first kappa shape index (κ1) is 13.0. The van der Waals surface area contributed by atoms with Crippen LogP contribution < -0.4 is 4.74 Å². The Balaban J connectivity index is 0.00000144. The second kappa shape index (κ2) is 7.41. The Labute approximate surface area is 98.3 Å². The summed E-state index contributed by atoms with van der Waals surface area (Å²) in [7, 11) is 0. The summed E-state index contributed by atoms with van der Waals surface area (Å²) >= 11 is 4.82. The van der Waals surface area contributed by atoms with E-state index in [9.17, 15) is 0 Å². The number of hydrogen-bond donors (Lipinski definition) is 0. The maximum Gasteiger partial charge on any atom is 1.00 e. The molecule has 0 fully saturated rings. The zero-order chi connectivity index (χ0) is 8.81. The van der Waals surface area contributed by atoms with Crippen LogP contribution in [0.25, 0.3) is 0 Å². The number of para-hydroxylation sites is 1. The average molecular weight is 372 g/mol. The summed E-state index contributed by atoms with van der Waals surface area (Å²) in [5.74, 6) is 1.74. The van der Waals surface area contributed by atoms with E-state index in [4.69, 9.17) is 17.4 Å². The van der Waals surface area contributed by atoms with E-state index in [1.807, 2.05) is 31.2 Å². The predicted molar refractivity (Wildman–Crippen MR) is 53.5 cm³/mol. The number of ether oxygens (including phenoxy) is 1. The van der Waals surface area contributed by atoms with Crippen LogP contribution in [-0.2, 0) is 32.4 Å². The first-order valence-corrected chi connectivity index (χ1v) is 4.69. The average Bonchev–Trinajstić information content (AvgIpc) is 2.09. The fourth-order valence-corrected chi connectivity index (χ4v) is 1.08. The molecule has 1 rings (SSSR count). The van der Waals surface area contributed by atoms with E-state index in [2.05, 4.69) is 0 Å². The van der Waals surface area contributed by atoms with Gasteiger partial charge in [-0.3, -0.25) is 0 Å². The van der Waals surface area contributed by atoms with Crippen LogP contribution in [0.2, 0.25) is 0 Å². The molecule has 0 aliphatic carbocycles. The molecule has 0 aliphatic rings. The van der Waals surface area contributed by atoms with Crippen molar-refractivity contribution in [3.63, 3.8) is 0 Å². The van der Waals surface area contributed by atoms with Crippen LogP contribution >= 0.6 is 0 Å². The molecule has 0 aliphatic heterocycles. The van der Waals surface area contributed by atoms with Crippen molar-refractivity contribution < 1.29 is 24.5 Å². The minimum atomic E-state index is 0. The standard InChI is InChI=1S/C10H14OS.Os/c1-9-5-2-3-6-10(9)11-7-4-8-12;/h2-3,5-6,12H,4,7-8H2,1H3;/q;+1/p-1. The molecule has 3 heteroatoms. The molecule has 0 N–H and O–H groups in total. The van der Waals surface area contributed by atoms with Gasteiger partial charge in [0.05, 0.1) is 6.61 Å². The van der Waals surface area contributed by atoms with Crippen LogP contribution in [0, 0.1) is 6.92 Å². The summed E-state index contributed by atoms with van der Waals surface area (Å²) in [6.07, 6.45) is 0.948. The van der Waals surface area contributed by atoms with Crippen LogP contribution in [0.1, 0.15) is 12.0 Å². The molecule has 73 valence electrons.